The molecule has 3 nitrogen and oxygen atoms in total. The molecule has 0 aliphatic rings. The SMILES string of the molecule is Cc1cc2c(N)cncc2n1C. The Labute approximate surface area is 70.8 Å². The van der Waals surface area contributed by atoms with E-state index >= 15 is 0 Å². The maximum absolute atomic E-state index is 5.76. The third-order valence-electron chi connectivity index (χ3n) is 2.24. The molecule has 2 N–H and O–H groups in total. The van der Waals surface area contributed by atoms with E-state index in [-0.39, 0.29) is 0 Å². The summed E-state index contributed by atoms with van der Waals surface area (Å²) in [7, 11) is 2.01. The van der Waals surface area contributed by atoms with Crippen molar-refractivity contribution >= 4 is 16.6 Å². The molecule has 62 valence electrons. The molecule has 2 aromatic heterocycles. The molecule has 3 heteroatoms. The van der Waals surface area contributed by atoms with Gasteiger partial charge in [-0.15, -0.1) is 0 Å². The fraction of sp³-hybridized carbons (Fsp3) is 0.222. The molecule has 0 spiro atoms. The highest BCUT2D eigenvalue weighted by atomic mass is 15.0. The minimum absolute atomic E-state index is 0.746. The quantitative estimate of drug-likeness (QED) is 0.635. The van der Waals surface area contributed by atoms with Crippen molar-refractivity contribution in [2.24, 2.45) is 7.05 Å². The molecular weight excluding hydrogens is 150 g/mol. The van der Waals surface area contributed by atoms with Crippen LogP contribution in [0.3, 0.4) is 0 Å². The summed E-state index contributed by atoms with van der Waals surface area (Å²) in [6, 6.07) is 2.08. The predicted octanol–water partition coefficient (Wildman–Crippen LogP) is 1.46. The number of rotatable bonds is 0. The molecule has 2 heterocycles. The molecule has 0 saturated carbocycles. The van der Waals surface area contributed by atoms with Crippen molar-refractivity contribution in [3.8, 4) is 0 Å². The molecule has 0 amide bonds. The first-order valence-corrected chi connectivity index (χ1v) is 3.85. The Morgan fingerprint density at radius 2 is 2.17 bits per heavy atom. The van der Waals surface area contributed by atoms with E-state index < -0.39 is 0 Å². The minimum Gasteiger partial charge on any atom is -0.397 e. The number of hydrogen-bond acceptors (Lipinski definition) is 2. The summed E-state index contributed by atoms with van der Waals surface area (Å²) in [4.78, 5) is 4.04. The van der Waals surface area contributed by atoms with Crippen molar-refractivity contribution in [3.05, 3.63) is 24.2 Å². The summed E-state index contributed by atoms with van der Waals surface area (Å²) < 4.78 is 2.08. The van der Waals surface area contributed by atoms with Gasteiger partial charge in [0.25, 0.3) is 0 Å². The van der Waals surface area contributed by atoms with E-state index in [4.69, 9.17) is 5.73 Å². The number of anilines is 1. The highest BCUT2D eigenvalue weighted by Crippen LogP contribution is 2.21. The van der Waals surface area contributed by atoms with Gasteiger partial charge in [-0.25, -0.2) is 0 Å². The molecule has 0 aliphatic heterocycles. The number of fused-ring (bicyclic) bond motifs is 1. The van der Waals surface area contributed by atoms with Crippen LogP contribution in [-0.2, 0) is 7.05 Å². The van der Waals surface area contributed by atoms with Gasteiger partial charge < -0.3 is 10.3 Å². The van der Waals surface area contributed by atoms with Gasteiger partial charge in [-0.1, -0.05) is 0 Å². The number of pyridine rings is 1. The standard InChI is InChI=1S/C9H11N3/c1-6-3-7-8(10)4-11-5-9(7)12(6)2/h3-5H,10H2,1-2H3. The summed E-state index contributed by atoms with van der Waals surface area (Å²) in [6.07, 6.45) is 3.51. The maximum Gasteiger partial charge on any atom is 0.0687 e. The van der Waals surface area contributed by atoms with Crippen LogP contribution in [0.25, 0.3) is 10.9 Å². The fourth-order valence-corrected chi connectivity index (χ4v) is 1.40. The molecule has 0 saturated heterocycles. The average molecular weight is 161 g/mol. The summed E-state index contributed by atoms with van der Waals surface area (Å²) in [5.74, 6) is 0. The van der Waals surface area contributed by atoms with Crippen LogP contribution < -0.4 is 5.73 Å². The first-order chi connectivity index (χ1) is 5.70. The van der Waals surface area contributed by atoms with Crippen molar-refractivity contribution in [2.45, 2.75) is 6.92 Å². The number of nitrogens with zero attached hydrogens (tertiary/aromatic N) is 2. The summed E-state index contributed by atoms with van der Waals surface area (Å²) in [6.45, 7) is 2.06. The lowest BCUT2D eigenvalue weighted by Gasteiger charge is -1.98. The lowest BCUT2D eigenvalue weighted by atomic mass is 10.3. The van der Waals surface area contributed by atoms with Crippen LogP contribution in [0.5, 0.6) is 0 Å². The van der Waals surface area contributed by atoms with Gasteiger partial charge in [-0.05, 0) is 13.0 Å². The number of aryl methyl sites for hydroxylation is 2. The lowest BCUT2D eigenvalue weighted by molar-refractivity contribution is 0.915. The molecule has 0 atom stereocenters. The molecule has 0 unspecified atom stereocenters. The topological polar surface area (TPSA) is 43.8 Å². The maximum atomic E-state index is 5.76. The molecule has 2 rings (SSSR count). The van der Waals surface area contributed by atoms with Gasteiger partial charge in [0.1, 0.15) is 0 Å². The van der Waals surface area contributed by atoms with Gasteiger partial charge in [0.15, 0.2) is 0 Å². The molecule has 0 bridgehead atoms. The van der Waals surface area contributed by atoms with E-state index in [0.717, 1.165) is 16.6 Å². The summed E-state index contributed by atoms with van der Waals surface area (Å²) in [5, 5.41) is 1.09. The highest BCUT2D eigenvalue weighted by molar-refractivity contribution is 5.90. The fourth-order valence-electron chi connectivity index (χ4n) is 1.40. The number of hydrogen-bond donors (Lipinski definition) is 1. The van der Waals surface area contributed by atoms with Crippen LogP contribution in [0.1, 0.15) is 5.69 Å². The Bertz CT molecular complexity index is 429. The van der Waals surface area contributed by atoms with Gasteiger partial charge in [-0.3, -0.25) is 4.98 Å². The van der Waals surface area contributed by atoms with E-state index in [0.29, 0.717) is 0 Å². The van der Waals surface area contributed by atoms with Gasteiger partial charge >= 0.3 is 0 Å². The summed E-state index contributed by atoms with van der Waals surface area (Å²) in [5.41, 5.74) is 8.80. The Morgan fingerprint density at radius 1 is 1.42 bits per heavy atom. The Hall–Kier alpha value is -1.51. The third-order valence-corrected chi connectivity index (χ3v) is 2.24. The second kappa shape index (κ2) is 2.24. The monoisotopic (exact) mass is 161 g/mol. The van der Waals surface area contributed by atoms with Crippen molar-refractivity contribution in [2.75, 3.05) is 5.73 Å². The molecule has 0 aromatic carbocycles. The summed E-state index contributed by atoms with van der Waals surface area (Å²) >= 11 is 0. The van der Waals surface area contributed by atoms with E-state index in [1.807, 2.05) is 13.2 Å². The van der Waals surface area contributed by atoms with Gasteiger partial charge in [-0.2, -0.15) is 0 Å². The first-order valence-electron chi connectivity index (χ1n) is 3.85. The zero-order valence-electron chi connectivity index (χ0n) is 7.20. The Morgan fingerprint density at radius 3 is 2.83 bits per heavy atom. The smallest absolute Gasteiger partial charge is 0.0687 e. The number of aromatic nitrogens is 2. The van der Waals surface area contributed by atoms with Gasteiger partial charge in [0.2, 0.25) is 0 Å². The van der Waals surface area contributed by atoms with E-state index in [2.05, 4.69) is 22.5 Å². The minimum atomic E-state index is 0.746. The van der Waals surface area contributed by atoms with Crippen molar-refractivity contribution < 1.29 is 0 Å². The number of nitrogen functional groups attached to an aromatic ring is 1. The molecular formula is C9H11N3. The Balaban J connectivity index is 2.95. The van der Waals surface area contributed by atoms with Gasteiger partial charge in [0, 0.05) is 18.1 Å². The zero-order valence-corrected chi connectivity index (χ0v) is 7.20. The first kappa shape index (κ1) is 7.16. The molecule has 12 heavy (non-hydrogen) atoms. The van der Waals surface area contributed by atoms with Crippen LogP contribution >= 0.6 is 0 Å². The van der Waals surface area contributed by atoms with Crippen molar-refractivity contribution in [1.29, 1.82) is 0 Å². The van der Waals surface area contributed by atoms with E-state index in [9.17, 15) is 0 Å². The van der Waals surface area contributed by atoms with Crippen LogP contribution in [-0.4, -0.2) is 9.55 Å². The lowest BCUT2D eigenvalue weighted by Crippen LogP contribution is -1.91. The number of nitrogens with two attached hydrogens (primary N) is 1. The average Bonchev–Trinajstić information content (AvgIpc) is 2.32. The van der Waals surface area contributed by atoms with E-state index in [1.54, 1.807) is 6.20 Å². The highest BCUT2D eigenvalue weighted by Gasteiger charge is 2.03. The Kier molecular flexibility index (Phi) is 1.33. The largest absolute Gasteiger partial charge is 0.397 e. The second-order valence-electron chi connectivity index (χ2n) is 3.01. The molecule has 2 aromatic rings. The van der Waals surface area contributed by atoms with Crippen LogP contribution in [0.4, 0.5) is 5.69 Å². The normalized spacial score (nSPS) is 10.8. The van der Waals surface area contributed by atoms with E-state index in [1.165, 1.54) is 5.69 Å². The van der Waals surface area contributed by atoms with Crippen LogP contribution in [0, 0.1) is 6.92 Å². The zero-order chi connectivity index (χ0) is 8.72. The molecule has 0 radical (unpaired) electrons. The second-order valence-corrected chi connectivity index (χ2v) is 3.01. The van der Waals surface area contributed by atoms with Crippen molar-refractivity contribution in [1.82, 2.24) is 9.55 Å². The van der Waals surface area contributed by atoms with Gasteiger partial charge in [0.05, 0.1) is 23.6 Å². The molecule has 0 aliphatic carbocycles. The van der Waals surface area contributed by atoms with Crippen LogP contribution in [0.15, 0.2) is 18.5 Å². The van der Waals surface area contributed by atoms with Crippen molar-refractivity contribution in [3.63, 3.8) is 0 Å². The van der Waals surface area contributed by atoms with Crippen LogP contribution in [0.2, 0.25) is 0 Å². The predicted molar refractivity (Wildman–Crippen MR) is 49.9 cm³/mol. The third kappa shape index (κ3) is 0.794. The molecule has 0 fully saturated rings.